The van der Waals surface area contributed by atoms with E-state index in [1.165, 1.54) is 6.42 Å². The van der Waals surface area contributed by atoms with E-state index >= 15 is 0 Å². The van der Waals surface area contributed by atoms with Gasteiger partial charge in [-0.05, 0) is 50.9 Å². The Balaban J connectivity index is 2.22. The van der Waals surface area contributed by atoms with Crippen LogP contribution in [0.5, 0.6) is 0 Å². The maximum atomic E-state index is 11.9. The van der Waals surface area contributed by atoms with Crippen LogP contribution in [0.4, 0.5) is 4.79 Å². The van der Waals surface area contributed by atoms with Crippen molar-refractivity contribution in [1.82, 2.24) is 0 Å². The van der Waals surface area contributed by atoms with Crippen LogP contribution in [-0.2, 0) is 23.7 Å². The minimum absolute atomic E-state index is 0.130. The summed E-state index contributed by atoms with van der Waals surface area (Å²) in [6.07, 6.45) is 2.98. The van der Waals surface area contributed by atoms with E-state index in [1.54, 1.807) is 0 Å². The molecule has 1 saturated heterocycles. The predicted octanol–water partition coefficient (Wildman–Crippen LogP) is 4.10. The van der Waals surface area contributed by atoms with Crippen LogP contribution in [0.15, 0.2) is 0 Å². The lowest BCUT2D eigenvalue weighted by atomic mass is 9.79. The molecular formula is C19H34O6. The summed E-state index contributed by atoms with van der Waals surface area (Å²) in [6, 6.07) is 0. The van der Waals surface area contributed by atoms with E-state index in [1.807, 2.05) is 13.8 Å². The number of ether oxygens (including phenoxy) is 4. The van der Waals surface area contributed by atoms with Gasteiger partial charge in [0.2, 0.25) is 0 Å². The quantitative estimate of drug-likeness (QED) is 0.518. The zero-order valence-corrected chi connectivity index (χ0v) is 16.6. The van der Waals surface area contributed by atoms with E-state index in [9.17, 15) is 9.59 Å². The van der Waals surface area contributed by atoms with Crippen LogP contribution in [0.1, 0.15) is 67.2 Å². The lowest BCUT2D eigenvalue weighted by molar-refractivity contribution is -0.163. The Morgan fingerprint density at radius 1 is 1.24 bits per heavy atom. The molecule has 0 aromatic heterocycles. The molecule has 0 bridgehead atoms. The highest BCUT2D eigenvalue weighted by atomic mass is 16.8. The Bertz CT molecular complexity index is 441. The topological polar surface area (TPSA) is 71.1 Å². The largest absolute Gasteiger partial charge is 0.508 e. The second-order valence-corrected chi connectivity index (χ2v) is 8.67. The third-order valence-electron chi connectivity index (χ3n) is 4.16. The zero-order valence-electron chi connectivity index (χ0n) is 16.6. The summed E-state index contributed by atoms with van der Waals surface area (Å²) < 4.78 is 20.2. The number of hydrogen-bond donors (Lipinski definition) is 0. The van der Waals surface area contributed by atoms with Crippen LogP contribution in [0.2, 0.25) is 0 Å². The minimum Gasteiger partial charge on any atom is -0.458 e. The molecule has 146 valence electrons. The Kier molecular flexibility index (Phi) is 8.19. The standard InChI is InChI=1S/C19H34O6/c1-14(2)10-18(3,4)8-7-9-19(5,6)25-16(20)13-22-11-15-12-23-17(21)24-15/h14-15H,7-13H2,1-6H3. The maximum absolute atomic E-state index is 11.9. The van der Waals surface area contributed by atoms with Gasteiger partial charge >= 0.3 is 12.1 Å². The molecule has 1 aliphatic heterocycles. The number of esters is 1. The van der Waals surface area contributed by atoms with Crippen molar-refractivity contribution in [2.75, 3.05) is 19.8 Å². The van der Waals surface area contributed by atoms with Crippen molar-refractivity contribution >= 4 is 12.1 Å². The van der Waals surface area contributed by atoms with E-state index in [4.69, 9.17) is 14.2 Å². The molecule has 1 unspecified atom stereocenters. The number of carbonyl (C=O) groups is 2. The number of rotatable bonds is 11. The summed E-state index contributed by atoms with van der Waals surface area (Å²) in [5.74, 6) is 0.277. The lowest BCUT2D eigenvalue weighted by Crippen LogP contribution is -2.31. The molecule has 0 aliphatic carbocycles. The molecule has 1 rings (SSSR count). The van der Waals surface area contributed by atoms with Crippen molar-refractivity contribution in [3.05, 3.63) is 0 Å². The minimum atomic E-state index is -0.697. The Labute approximate surface area is 151 Å². The second kappa shape index (κ2) is 9.41. The Morgan fingerprint density at radius 2 is 1.92 bits per heavy atom. The molecule has 1 atom stereocenters. The Morgan fingerprint density at radius 3 is 2.48 bits per heavy atom. The molecule has 1 fully saturated rings. The molecule has 0 N–H and O–H groups in total. The van der Waals surface area contributed by atoms with Gasteiger partial charge in [-0.15, -0.1) is 0 Å². The fraction of sp³-hybridized carbons (Fsp3) is 0.895. The second-order valence-electron chi connectivity index (χ2n) is 8.67. The smallest absolute Gasteiger partial charge is 0.458 e. The predicted molar refractivity (Wildman–Crippen MR) is 94.3 cm³/mol. The van der Waals surface area contributed by atoms with E-state index in [2.05, 4.69) is 32.4 Å². The fourth-order valence-corrected chi connectivity index (χ4v) is 3.31. The number of cyclic esters (lactones) is 2. The molecule has 0 aromatic rings. The van der Waals surface area contributed by atoms with Crippen molar-refractivity contribution in [1.29, 1.82) is 0 Å². The molecule has 0 saturated carbocycles. The molecule has 0 spiro atoms. The summed E-state index contributed by atoms with van der Waals surface area (Å²) in [5, 5.41) is 0. The van der Waals surface area contributed by atoms with E-state index in [0.29, 0.717) is 11.3 Å². The summed E-state index contributed by atoms with van der Waals surface area (Å²) in [4.78, 5) is 22.7. The summed E-state index contributed by atoms with van der Waals surface area (Å²) >= 11 is 0. The van der Waals surface area contributed by atoms with Crippen molar-refractivity contribution in [2.45, 2.75) is 78.9 Å². The van der Waals surface area contributed by atoms with Crippen LogP contribution in [0, 0.1) is 11.3 Å². The molecule has 6 heteroatoms. The van der Waals surface area contributed by atoms with Gasteiger partial charge in [-0.25, -0.2) is 9.59 Å². The van der Waals surface area contributed by atoms with E-state index in [0.717, 1.165) is 19.3 Å². The normalized spacial score (nSPS) is 18.2. The van der Waals surface area contributed by atoms with Crippen molar-refractivity contribution in [3.63, 3.8) is 0 Å². The third-order valence-corrected chi connectivity index (χ3v) is 4.16. The lowest BCUT2D eigenvalue weighted by Gasteiger charge is -2.30. The molecule has 0 radical (unpaired) electrons. The van der Waals surface area contributed by atoms with Gasteiger partial charge in [0.25, 0.3) is 0 Å². The number of hydrogen-bond acceptors (Lipinski definition) is 6. The van der Waals surface area contributed by atoms with Gasteiger partial charge in [0.1, 0.15) is 18.8 Å². The van der Waals surface area contributed by atoms with E-state index < -0.39 is 23.8 Å². The maximum Gasteiger partial charge on any atom is 0.508 e. The van der Waals surface area contributed by atoms with Crippen LogP contribution in [0.3, 0.4) is 0 Å². The fourth-order valence-electron chi connectivity index (χ4n) is 3.31. The molecular weight excluding hydrogens is 324 g/mol. The monoisotopic (exact) mass is 358 g/mol. The summed E-state index contributed by atoms with van der Waals surface area (Å²) in [7, 11) is 0. The first-order chi connectivity index (χ1) is 11.5. The van der Waals surface area contributed by atoms with Gasteiger partial charge in [-0.2, -0.15) is 0 Å². The molecule has 0 aromatic carbocycles. The summed E-state index contributed by atoms with van der Waals surface area (Å²) in [6.45, 7) is 13.0. The average molecular weight is 358 g/mol. The molecule has 1 aliphatic rings. The molecule has 6 nitrogen and oxygen atoms in total. The van der Waals surface area contributed by atoms with Crippen LogP contribution in [-0.4, -0.2) is 43.7 Å². The van der Waals surface area contributed by atoms with Gasteiger partial charge < -0.3 is 18.9 Å². The highest BCUT2D eigenvalue weighted by Crippen LogP contribution is 2.32. The average Bonchev–Trinajstić information content (AvgIpc) is 2.81. The zero-order chi connectivity index (χ0) is 19.1. The van der Waals surface area contributed by atoms with Gasteiger partial charge in [0.15, 0.2) is 6.10 Å². The van der Waals surface area contributed by atoms with Crippen LogP contribution >= 0.6 is 0 Å². The van der Waals surface area contributed by atoms with Gasteiger partial charge in [0, 0.05) is 0 Å². The number of carbonyl (C=O) groups excluding carboxylic acids is 2. The SMILES string of the molecule is CC(C)CC(C)(C)CCCC(C)(C)OC(=O)COCC1COC(=O)O1. The van der Waals surface area contributed by atoms with Crippen molar-refractivity contribution in [3.8, 4) is 0 Å². The first-order valence-corrected chi connectivity index (χ1v) is 9.12. The van der Waals surface area contributed by atoms with Crippen molar-refractivity contribution < 1.29 is 28.5 Å². The van der Waals surface area contributed by atoms with Gasteiger partial charge in [-0.1, -0.05) is 27.7 Å². The first-order valence-electron chi connectivity index (χ1n) is 9.12. The Hall–Kier alpha value is -1.30. The van der Waals surface area contributed by atoms with Crippen LogP contribution in [0.25, 0.3) is 0 Å². The van der Waals surface area contributed by atoms with Gasteiger partial charge in [-0.3, -0.25) is 0 Å². The summed E-state index contributed by atoms with van der Waals surface area (Å²) in [5.41, 5.74) is -0.213. The van der Waals surface area contributed by atoms with Crippen LogP contribution < -0.4 is 0 Å². The van der Waals surface area contributed by atoms with Crippen molar-refractivity contribution in [2.24, 2.45) is 11.3 Å². The highest BCUT2D eigenvalue weighted by molar-refractivity contribution is 5.71. The molecule has 1 heterocycles. The van der Waals surface area contributed by atoms with E-state index in [-0.39, 0.29) is 19.8 Å². The van der Waals surface area contributed by atoms with Gasteiger partial charge in [0.05, 0.1) is 6.61 Å². The molecule has 0 amide bonds. The third kappa shape index (κ3) is 9.68. The molecule has 25 heavy (non-hydrogen) atoms. The highest BCUT2D eigenvalue weighted by Gasteiger charge is 2.27. The first kappa shape index (κ1) is 21.7.